The van der Waals surface area contributed by atoms with E-state index in [1.165, 1.54) is 17.7 Å². The fourth-order valence-corrected chi connectivity index (χ4v) is 3.08. The number of hydrogen-bond donors (Lipinski definition) is 0. The van der Waals surface area contributed by atoms with Crippen molar-refractivity contribution in [2.24, 2.45) is 5.41 Å². The van der Waals surface area contributed by atoms with Gasteiger partial charge in [-0.15, -0.1) is 6.42 Å². The van der Waals surface area contributed by atoms with Crippen molar-refractivity contribution in [3.05, 3.63) is 0 Å². The van der Waals surface area contributed by atoms with E-state index < -0.39 is 11.5 Å². The van der Waals surface area contributed by atoms with E-state index in [2.05, 4.69) is 5.92 Å². The van der Waals surface area contributed by atoms with Crippen molar-refractivity contribution in [3.63, 3.8) is 0 Å². The van der Waals surface area contributed by atoms with Gasteiger partial charge in [0.2, 0.25) is 11.8 Å². The van der Waals surface area contributed by atoms with Crippen LogP contribution in [0.1, 0.15) is 51.9 Å². The zero-order valence-electron chi connectivity index (χ0n) is 10.4. The molecule has 0 radical (unpaired) electrons. The van der Waals surface area contributed by atoms with Crippen LogP contribution in [0.15, 0.2) is 0 Å². The molecule has 2 fully saturated rings. The van der Waals surface area contributed by atoms with E-state index in [4.69, 9.17) is 6.42 Å². The molecular weight excluding hydrogens is 214 g/mol. The fourth-order valence-electron chi connectivity index (χ4n) is 3.08. The van der Waals surface area contributed by atoms with Crippen molar-refractivity contribution in [1.29, 1.82) is 0 Å². The highest BCUT2D eigenvalue weighted by Crippen LogP contribution is 2.44. The number of imide groups is 1. The second kappa shape index (κ2) is 4.52. The summed E-state index contributed by atoms with van der Waals surface area (Å²) in [6.07, 6.45) is 11.9. The van der Waals surface area contributed by atoms with Crippen molar-refractivity contribution in [1.82, 2.24) is 4.90 Å². The molecule has 1 aliphatic heterocycles. The Balaban J connectivity index is 2.25. The summed E-state index contributed by atoms with van der Waals surface area (Å²) < 4.78 is 0. The molecule has 1 aliphatic carbocycles. The van der Waals surface area contributed by atoms with Gasteiger partial charge in [-0.25, -0.2) is 0 Å². The SMILES string of the molecule is C#CC(C)N1C(=O)CC2(CCCCCC2)C1=O. The first-order chi connectivity index (χ1) is 8.10. The van der Waals surface area contributed by atoms with Crippen molar-refractivity contribution < 1.29 is 9.59 Å². The standard InChI is InChI=1S/C14H19NO2/c1-3-11(2)15-12(16)10-14(13(15)17)8-6-4-5-7-9-14/h1,11H,4-10H2,2H3. The van der Waals surface area contributed by atoms with Crippen LogP contribution in [0, 0.1) is 17.8 Å². The minimum Gasteiger partial charge on any atom is -0.274 e. The molecule has 2 rings (SSSR count). The van der Waals surface area contributed by atoms with E-state index in [0.717, 1.165) is 25.7 Å². The summed E-state index contributed by atoms with van der Waals surface area (Å²) in [7, 11) is 0. The van der Waals surface area contributed by atoms with E-state index in [1.54, 1.807) is 6.92 Å². The molecule has 0 aromatic heterocycles. The van der Waals surface area contributed by atoms with Gasteiger partial charge in [-0.2, -0.15) is 0 Å². The minimum absolute atomic E-state index is 0.0187. The molecule has 0 bridgehead atoms. The van der Waals surface area contributed by atoms with Gasteiger partial charge in [-0.3, -0.25) is 14.5 Å². The van der Waals surface area contributed by atoms with Crippen LogP contribution in [0.4, 0.5) is 0 Å². The molecular formula is C14H19NO2. The van der Waals surface area contributed by atoms with Gasteiger partial charge in [0.25, 0.3) is 0 Å². The lowest BCUT2D eigenvalue weighted by Gasteiger charge is -2.26. The highest BCUT2D eigenvalue weighted by atomic mass is 16.2. The second-order valence-electron chi connectivity index (χ2n) is 5.28. The maximum absolute atomic E-state index is 12.5. The molecule has 1 spiro atoms. The van der Waals surface area contributed by atoms with E-state index >= 15 is 0 Å². The molecule has 92 valence electrons. The third-order valence-electron chi connectivity index (χ3n) is 4.12. The molecule has 0 N–H and O–H groups in total. The smallest absolute Gasteiger partial charge is 0.236 e. The minimum atomic E-state index is -0.418. The van der Waals surface area contributed by atoms with Crippen LogP contribution >= 0.6 is 0 Å². The van der Waals surface area contributed by atoms with Gasteiger partial charge in [-0.05, 0) is 19.8 Å². The summed E-state index contributed by atoms with van der Waals surface area (Å²) in [5.41, 5.74) is -0.418. The van der Waals surface area contributed by atoms with Crippen LogP contribution in [0.2, 0.25) is 0 Å². The summed E-state index contributed by atoms with van der Waals surface area (Å²) in [5.74, 6) is 2.39. The van der Waals surface area contributed by atoms with E-state index in [9.17, 15) is 9.59 Å². The Bertz CT molecular complexity index is 372. The first kappa shape index (κ1) is 12.2. The highest BCUT2D eigenvalue weighted by Gasteiger charge is 2.51. The lowest BCUT2D eigenvalue weighted by molar-refractivity contribution is -0.142. The van der Waals surface area contributed by atoms with Gasteiger partial charge in [0, 0.05) is 6.42 Å². The Labute approximate surface area is 103 Å². The highest BCUT2D eigenvalue weighted by molar-refractivity contribution is 6.06. The maximum Gasteiger partial charge on any atom is 0.236 e. The monoisotopic (exact) mass is 233 g/mol. The van der Waals surface area contributed by atoms with Crippen molar-refractivity contribution in [2.75, 3.05) is 0 Å². The molecule has 0 aromatic rings. The van der Waals surface area contributed by atoms with Crippen LogP contribution in [-0.2, 0) is 9.59 Å². The average molecular weight is 233 g/mol. The topological polar surface area (TPSA) is 37.4 Å². The Morgan fingerprint density at radius 2 is 1.82 bits per heavy atom. The molecule has 1 saturated carbocycles. The predicted molar refractivity (Wildman–Crippen MR) is 64.9 cm³/mol. The third kappa shape index (κ3) is 1.97. The lowest BCUT2D eigenvalue weighted by Crippen LogP contribution is -2.40. The largest absolute Gasteiger partial charge is 0.274 e. The second-order valence-corrected chi connectivity index (χ2v) is 5.28. The zero-order chi connectivity index (χ0) is 12.5. The number of carbonyl (C=O) groups is 2. The molecule has 2 aliphatic rings. The summed E-state index contributed by atoms with van der Waals surface area (Å²) >= 11 is 0. The quantitative estimate of drug-likeness (QED) is 0.514. The van der Waals surface area contributed by atoms with Crippen LogP contribution in [0.3, 0.4) is 0 Å². The van der Waals surface area contributed by atoms with E-state index in [0.29, 0.717) is 6.42 Å². The molecule has 2 amide bonds. The van der Waals surface area contributed by atoms with Crippen LogP contribution in [0.5, 0.6) is 0 Å². The first-order valence-corrected chi connectivity index (χ1v) is 6.43. The van der Waals surface area contributed by atoms with Gasteiger partial charge in [0.1, 0.15) is 0 Å². The Kier molecular flexibility index (Phi) is 3.24. The summed E-state index contributed by atoms with van der Waals surface area (Å²) in [6, 6.07) is -0.405. The fraction of sp³-hybridized carbons (Fsp3) is 0.714. The van der Waals surface area contributed by atoms with E-state index in [-0.39, 0.29) is 11.8 Å². The molecule has 3 nitrogen and oxygen atoms in total. The van der Waals surface area contributed by atoms with Crippen LogP contribution < -0.4 is 0 Å². The van der Waals surface area contributed by atoms with Crippen LogP contribution in [-0.4, -0.2) is 22.8 Å². The number of terminal acetylenes is 1. The molecule has 3 heteroatoms. The van der Waals surface area contributed by atoms with Gasteiger partial charge < -0.3 is 0 Å². The number of hydrogen-bond acceptors (Lipinski definition) is 2. The van der Waals surface area contributed by atoms with Crippen molar-refractivity contribution >= 4 is 11.8 Å². The number of amides is 2. The molecule has 1 saturated heterocycles. The van der Waals surface area contributed by atoms with Gasteiger partial charge in [0.15, 0.2) is 0 Å². The molecule has 1 heterocycles. The van der Waals surface area contributed by atoms with E-state index in [1.807, 2.05) is 0 Å². The number of rotatable bonds is 1. The zero-order valence-corrected chi connectivity index (χ0v) is 10.4. The first-order valence-electron chi connectivity index (χ1n) is 6.43. The van der Waals surface area contributed by atoms with Gasteiger partial charge in [0.05, 0.1) is 11.5 Å². The number of carbonyl (C=O) groups excluding carboxylic acids is 2. The lowest BCUT2D eigenvalue weighted by atomic mass is 9.79. The van der Waals surface area contributed by atoms with Crippen molar-refractivity contribution in [2.45, 2.75) is 57.9 Å². The molecule has 1 unspecified atom stereocenters. The summed E-state index contributed by atoms with van der Waals surface area (Å²) in [6.45, 7) is 1.74. The Hall–Kier alpha value is -1.30. The predicted octanol–water partition coefficient (Wildman–Crippen LogP) is 2.11. The Morgan fingerprint density at radius 1 is 1.24 bits per heavy atom. The summed E-state index contributed by atoms with van der Waals surface area (Å²) in [4.78, 5) is 25.7. The molecule has 0 aromatic carbocycles. The normalized spacial score (nSPS) is 25.8. The summed E-state index contributed by atoms with van der Waals surface area (Å²) in [5, 5.41) is 0. The maximum atomic E-state index is 12.5. The van der Waals surface area contributed by atoms with Crippen molar-refractivity contribution in [3.8, 4) is 12.3 Å². The Morgan fingerprint density at radius 3 is 2.35 bits per heavy atom. The third-order valence-corrected chi connectivity index (χ3v) is 4.12. The molecule has 1 atom stereocenters. The number of likely N-dealkylation sites (tertiary alicyclic amines) is 1. The molecule has 17 heavy (non-hydrogen) atoms. The van der Waals surface area contributed by atoms with Gasteiger partial charge in [-0.1, -0.05) is 31.6 Å². The van der Waals surface area contributed by atoms with Crippen LogP contribution in [0.25, 0.3) is 0 Å². The van der Waals surface area contributed by atoms with Gasteiger partial charge >= 0.3 is 0 Å². The average Bonchev–Trinajstić information content (AvgIpc) is 2.48. The number of nitrogens with zero attached hydrogens (tertiary/aromatic N) is 1.